The fourth-order valence-corrected chi connectivity index (χ4v) is 3.77. The van der Waals surface area contributed by atoms with E-state index in [0.717, 1.165) is 64.5 Å². The highest BCUT2D eigenvalue weighted by molar-refractivity contribution is 6.02. The SMILES string of the molecule is CCCCCc1c(C)c2cc3c(-c4cccc(OC)c4)coc3cc2oc1=O. The van der Waals surface area contributed by atoms with Gasteiger partial charge in [-0.2, -0.15) is 0 Å². The Morgan fingerprint density at radius 1 is 1.04 bits per heavy atom. The van der Waals surface area contributed by atoms with Crippen molar-refractivity contribution in [3.05, 3.63) is 64.2 Å². The highest BCUT2D eigenvalue weighted by atomic mass is 16.5. The van der Waals surface area contributed by atoms with Crippen LogP contribution >= 0.6 is 0 Å². The normalized spacial score (nSPS) is 11.4. The average Bonchev–Trinajstić information content (AvgIpc) is 3.12. The molecule has 4 heteroatoms. The van der Waals surface area contributed by atoms with E-state index >= 15 is 0 Å². The van der Waals surface area contributed by atoms with Crippen LogP contribution in [-0.2, 0) is 6.42 Å². The van der Waals surface area contributed by atoms with Gasteiger partial charge in [0.1, 0.15) is 16.9 Å². The highest BCUT2D eigenvalue weighted by Gasteiger charge is 2.16. The van der Waals surface area contributed by atoms with Gasteiger partial charge in [-0.3, -0.25) is 0 Å². The van der Waals surface area contributed by atoms with Crippen molar-refractivity contribution >= 4 is 21.9 Å². The van der Waals surface area contributed by atoms with Crippen molar-refractivity contribution in [2.45, 2.75) is 39.5 Å². The minimum absolute atomic E-state index is 0.236. The van der Waals surface area contributed by atoms with Crippen LogP contribution in [0.1, 0.15) is 37.3 Å². The van der Waals surface area contributed by atoms with Crippen LogP contribution in [0.4, 0.5) is 0 Å². The fourth-order valence-electron chi connectivity index (χ4n) is 3.77. The van der Waals surface area contributed by atoms with Crippen molar-refractivity contribution < 1.29 is 13.6 Å². The maximum Gasteiger partial charge on any atom is 0.339 e. The van der Waals surface area contributed by atoms with E-state index in [1.54, 1.807) is 13.4 Å². The van der Waals surface area contributed by atoms with E-state index in [2.05, 4.69) is 13.0 Å². The van der Waals surface area contributed by atoms with Crippen LogP contribution in [0.3, 0.4) is 0 Å². The summed E-state index contributed by atoms with van der Waals surface area (Å²) in [6.45, 7) is 4.17. The molecule has 0 aliphatic carbocycles. The molecule has 0 N–H and O–H groups in total. The smallest absolute Gasteiger partial charge is 0.339 e. The summed E-state index contributed by atoms with van der Waals surface area (Å²) in [6.07, 6.45) is 5.73. The molecule has 2 aromatic carbocycles. The molecule has 0 bridgehead atoms. The summed E-state index contributed by atoms with van der Waals surface area (Å²) in [7, 11) is 1.66. The summed E-state index contributed by atoms with van der Waals surface area (Å²) in [5.41, 5.74) is 4.84. The number of rotatable bonds is 6. The molecule has 0 unspecified atom stereocenters. The number of aryl methyl sites for hydroxylation is 1. The van der Waals surface area contributed by atoms with Crippen LogP contribution in [-0.4, -0.2) is 7.11 Å². The molecular weight excluding hydrogens is 352 g/mol. The van der Waals surface area contributed by atoms with Gasteiger partial charge in [-0.25, -0.2) is 4.79 Å². The molecule has 2 heterocycles. The van der Waals surface area contributed by atoms with Crippen LogP contribution in [0.25, 0.3) is 33.1 Å². The van der Waals surface area contributed by atoms with E-state index in [1.807, 2.05) is 37.3 Å². The Hall–Kier alpha value is -3.01. The van der Waals surface area contributed by atoms with E-state index in [9.17, 15) is 4.79 Å². The molecule has 0 saturated carbocycles. The first-order valence-corrected chi connectivity index (χ1v) is 9.74. The summed E-state index contributed by atoms with van der Waals surface area (Å²) in [5.74, 6) is 0.799. The van der Waals surface area contributed by atoms with Gasteiger partial charge in [0.05, 0.1) is 13.4 Å². The van der Waals surface area contributed by atoms with Gasteiger partial charge >= 0.3 is 5.63 Å². The quantitative estimate of drug-likeness (QED) is 0.294. The van der Waals surface area contributed by atoms with Gasteiger partial charge in [0, 0.05) is 28.0 Å². The van der Waals surface area contributed by atoms with Crippen molar-refractivity contribution in [1.82, 2.24) is 0 Å². The molecule has 0 radical (unpaired) electrons. The van der Waals surface area contributed by atoms with Gasteiger partial charge in [0.25, 0.3) is 0 Å². The third-order valence-electron chi connectivity index (χ3n) is 5.39. The Bertz CT molecular complexity index is 1200. The Morgan fingerprint density at radius 3 is 2.68 bits per heavy atom. The first-order chi connectivity index (χ1) is 13.6. The molecule has 0 amide bonds. The van der Waals surface area contributed by atoms with Gasteiger partial charge in [-0.05, 0) is 49.1 Å². The van der Waals surface area contributed by atoms with Crippen molar-refractivity contribution in [3.63, 3.8) is 0 Å². The number of unbranched alkanes of at least 4 members (excludes halogenated alkanes) is 2. The number of hydrogen-bond donors (Lipinski definition) is 0. The van der Waals surface area contributed by atoms with Crippen molar-refractivity contribution in [2.75, 3.05) is 7.11 Å². The van der Waals surface area contributed by atoms with E-state index in [0.29, 0.717) is 11.2 Å². The maximum atomic E-state index is 12.5. The average molecular weight is 376 g/mol. The van der Waals surface area contributed by atoms with E-state index < -0.39 is 0 Å². The van der Waals surface area contributed by atoms with Crippen LogP contribution in [0.15, 0.2) is 56.3 Å². The second-order valence-electron chi connectivity index (χ2n) is 7.18. The molecule has 0 fully saturated rings. The third-order valence-corrected chi connectivity index (χ3v) is 5.39. The number of methoxy groups -OCH3 is 1. The second-order valence-corrected chi connectivity index (χ2v) is 7.18. The minimum atomic E-state index is -0.236. The van der Waals surface area contributed by atoms with E-state index in [-0.39, 0.29) is 5.63 Å². The number of fused-ring (bicyclic) bond motifs is 2. The fraction of sp³-hybridized carbons (Fsp3) is 0.292. The molecule has 0 atom stereocenters. The van der Waals surface area contributed by atoms with Gasteiger partial charge in [0.2, 0.25) is 0 Å². The molecule has 0 aliphatic heterocycles. The number of hydrogen-bond acceptors (Lipinski definition) is 4. The minimum Gasteiger partial charge on any atom is -0.497 e. The Morgan fingerprint density at radius 2 is 1.89 bits per heavy atom. The van der Waals surface area contributed by atoms with Crippen molar-refractivity contribution in [2.24, 2.45) is 0 Å². The zero-order valence-electron chi connectivity index (χ0n) is 16.5. The molecule has 0 spiro atoms. The lowest BCUT2D eigenvalue weighted by Crippen LogP contribution is -2.10. The molecular formula is C24H24O4. The third kappa shape index (κ3) is 3.19. The van der Waals surface area contributed by atoms with Gasteiger partial charge < -0.3 is 13.6 Å². The van der Waals surface area contributed by atoms with Crippen LogP contribution < -0.4 is 10.4 Å². The standard InChI is InChI=1S/C24H24O4/c1-4-5-6-10-18-15(2)19-12-20-21(16-8-7-9-17(11-16)26-3)14-27-22(20)13-23(19)28-24(18)25/h7-9,11-14H,4-6,10H2,1-3H3. The van der Waals surface area contributed by atoms with E-state index in [4.69, 9.17) is 13.6 Å². The van der Waals surface area contributed by atoms with Crippen LogP contribution in [0, 0.1) is 6.92 Å². The van der Waals surface area contributed by atoms with Gasteiger partial charge in [0.15, 0.2) is 0 Å². The van der Waals surface area contributed by atoms with Crippen LogP contribution in [0.2, 0.25) is 0 Å². The predicted octanol–water partition coefficient (Wildman–Crippen LogP) is 6.26. The molecule has 144 valence electrons. The second kappa shape index (κ2) is 7.55. The number of ether oxygens (including phenoxy) is 1. The van der Waals surface area contributed by atoms with Gasteiger partial charge in [-0.15, -0.1) is 0 Å². The van der Waals surface area contributed by atoms with E-state index in [1.165, 1.54) is 0 Å². The molecule has 4 nitrogen and oxygen atoms in total. The van der Waals surface area contributed by atoms with Crippen LogP contribution in [0.5, 0.6) is 5.75 Å². The molecule has 0 aliphatic rings. The largest absolute Gasteiger partial charge is 0.497 e. The topological polar surface area (TPSA) is 52.6 Å². The summed E-state index contributed by atoms with van der Waals surface area (Å²) in [5, 5.41) is 1.96. The zero-order valence-corrected chi connectivity index (χ0v) is 16.5. The first kappa shape index (κ1) is 18.4. The molecule has 0 saturated heterocycles. The highest BCUT2D eigenvalue weighted by Crippen LogP contribution is 2.35. The number of furan rings is 1. The molecule has 4 aromatic rings. The zero-order chi connectivity index (χ0) is 19.7. The Kier molecular flexibility index (Phi) is 4.95. The molecule has 2 aromatic heterocycles. The van der Waals surface area contributed by atoms with Crippen molar-refractivity contribution in [1.29, 1.82) is 0 Å². The summed E-state index contributed by atoms with van der Waals surface area (Å²) in [6, 6.07) is 11.8. The summed E-state index contributed by atoms with van der Waals surface area (Å²) in [4.78, 5) is 12.5. The maximum absolute atomic E-state index is 12.5. The Labute approximate surface area is 163 Å². The lowest BCUT2D eigenvalue weighted by atomic mass is 9.98. The lowest BCUT2D eigenvalue weighted by Gasteiger charge is -2.08. The monoisotopic (exact) mass is 376 g/mol. The summed E-state index contributed by atoms with van der Waals surface area (Å²) < 4.78 is 16.7. The molecule has 4 rings (SSSR count). The molecule has 28 heavy (non-hydrogen) atoms. The number of benzene rings is 2. The van der Waals surface area contributed by atoms with Gasteiger partial charge in [-0.1, -0.05) is 31.9 Å². The first-order valence-electron chi connectivity index (χ1n) is 9.74. The lowest BCUT2D eigenvalue weighted by molar-refractivity contribution is 0.415. The summed E-state index contributed by atoms with van der Waals surface area (Å²) >= 11 is 0. The Balaban J connectivity index is 1.88. The van der Waals surface area contributed by atoms with Crippen molar-refractivity contribution in [3.8, 4) is 16.9 Å². The predicted molar refractivity (Wildman–Crippen MR) is 112 cm³/mol.